The fraction of sp³-hybridized carbons (Fsp3) is 0.538. The molecule has 1 aromatic carbocycles. The van der Waals surface area contributed by atoms with Gasteiger partial charge in [-0.05, 0) is 31.2 Å². The molecule has 0 aliphatic heterocycles. The van der Waals surface area contributed by atoms with Crippen LogP contribution in [0.5, 0.6) is 0 Å². The van der Waals surface area contributed by atoms with Crippen LogP contribution in [0, 0.1) is 5.92 Å². The van der Waals surface area contributed by atoms with E-state index in [9.17, 15) is 5.11 Å². The second-order valence-electron chi connectivity index (χ2n) is 4.43. The third kappa shape index (κ3) is 2.80. The molecule has 82 valence electrons. The lowest BCUT2D eigenvalue weighted by atomic mass is 10.1. The monoisotopic (exact) mass is 205 g/mol. The van der Waals surface area contributed by atoms with Crippen molar-refractivity contribution in [2.75, 3.05) is 6.61 Å². The van der Waals surface area contributed by atoms with Crippen LogP contribution in [0.4, 0.5) is 0 Å². The van der Waals surface area contributed by atoms with Gasteiger partial charge in [0.2, 0.25) is 0 Å². The van der Waals surface area contributed by atoms with Gasteiger partial charge in [0.05, 0.1) is 6.61 Å². The molecular formula is C13H19NO. The summed E-state index contributed by atoms with van der Waals surface area (Å²) < 4.78 is 0. The molecular weight excluding hydrogens is 186 g/mol. The lowest BCUT2D eigenvalue weighted by Gasteiger charge is -2.21. The molecule has 0 heterocycles. The minimum Gasteiger partial charge on any atom is -0.395 e. The zero-order valence-electron chi connectivity index (χ0n) is 9.19. The first kappa shape index (κ1) is 10.7. The first-order valence-electron chi connectivity index (χ1n) is 5.73. The summed E-state index contributed by atoms with van der Waals surface area (Å²) in [7, 11) is 0. The van der Waals surface area contributed by atoms with Crippen LogP contribution in [0.3, 0.4) is 0 Å². The van der Waals surface area contributed by atoms with E-state index in [4.69, 9.17) is 0 Å². The molecule has 1 aliphatic rings. The van der Waals surface area contributed by atoms with E-state index in [0.29, 0.717) is 12.0 Å². The maximum atomic E-state index is 9.27. The maximum absolute atomic E-state index is 9.27. The van der Waals surface area contributed by atoms with Crippen LogP contribution in [0.1, 0.15) is 31.4 Å². The third-order valence-electron chi connectivity index (χ3n) is 3.15. The fourth-order valence-electron chi connectivity index (χ4n) is 2.00. The molecule has 2 N–H and O–H groups in total. The Morgan fingerprint density at radius 3 is 2.53 bits per heavy atom. The van der Waals surface area contributed by atoms with E-state index >= 15 is 0 Å². The van der Waals surface area contributed by atoms with E-state index in [0.717, 1.165) is 0 Å². The number of aliphatic hydroxyl groups excluding tert-OH is 1. The second-order valence-corrected chi connectivity index (χ2v) is 4.43. The molecule has 1 fully saturated rings. The minimum absolute atomic E-state index is 0.252. The zero-order chi connectivity index (χ0) is 10.7. The number of rotatable bonds is 5. The smallest absolute Gasteiger partial charge is 0.0587 e. The number of benzene rings is 1. The van der Waals surface area contributed by atoms with Crippen LogP contribution in [-0.4, -0.2) is 17.8 Å². The average Bonchev–Trinajstić information content (AvgIpc) is 3.10. The van der Waals surface area contributed by atoms with Gasteiger partial charge in [0.25, 0.3) is 0 Å². The van der Waals surface area contributed by atoms with Gasteiger partial charge in [0, 0.05) is 12.1 Å². The highest BCUT2D eigenvalue weighted by molar-refractivity contribution is 5.18. The molecule has 2 atom stereocenters. The molecule has 0 bridgehead atoms. The Labute approximate surface area is 91.3 Å². The number of aliphatic hydroxyl groups is 1. The molecule has 0 amide bonds. The summed E-state index contributed by atoms with van der Waals surface area (Å²) in [5.41, 5.74) is 1.29. The Morgan fingerprint density at radius 1 is 1.33 bits per heavy atom. The zero-order valence-corrected chi connectivity index (χ0v) is 9.19. The van der Waals surface area contributed by atoms with Crippen molar-refractivity contribution in [1.82, 2.24) is 5.32 Å². The summed E-state index contributed by atoms with van der Waals surface area (Å²) in [5.74, 6) is 0.696. The van der Waals surface area contributed by atoms with Gasteiger partial charge in [0.1, 0.15) is 0 Å². The molecule has 2 rings (SSSR count). The van der Waals surface area contributed by atoms with Gasteiger partial charge in [-0.1, -0.05) is 30.3 Å². The highest BCUT2D eigenvalue weighted by Gasteiger charge is 2.31. The highest BCUT2D eigenvalue weighted by Crippen LogP contribution is 2.33. The van der Waals surface area contributed by atoms with E-state index in [-0.39, 0.29) is 12.6 Å². The molecule has 1 saturated carbocycles. The van der Waals surface area contributed by atoms with Crippen molar-refractivity contribution in [3.05, 3.63) is 35.9 Å². The summed E-state index contributed by atoms with van der Waals surface area (Å²) in [4.78, 5) is 0. The number of hydrogen-bond acceptors (Lipinski definition) is 2. The van der Waals surface area contributed by atoms with Crippen molar-refractivity contribution in [3.63, 3.8) is 0 Å². The lowest BCUT2D eigenvalue weighted by molar-refractivity contribution is 0.219. The van der Waals surface area contributed by atoms with Gasteiger partial charge < -0.3 is 10.4 Å². The van der Waals surface area contributed by atoms with Crippen molar-refractivity contribution in [3.8, 4) is 0 Å². The summed E-state index contributed by atoms with van der Waals surface area (Å²) in [6, 6.07) is 11.0. The second kappa shape index (κ2) is 4.77. The lowest BCUT2D eigenvalue weighted by Crippen LogP contribution is -2.36. The van der Waals surface area contributed by atoms with Crippen molar-refractivity contribution < 1.29 is 5.11 Å². The van der Waals surface area contributed by atoms with Gasteiger partial charge in [0.15, 0.2) is 0 Å². The normalized spacial score (nSPS) is 19.9. The van der Waals surface area contributed by atoms with Crippen LogP contribution < -0.4 is 5.32 Å². The fourth-order valence-corrected chi connectivity index (χ4v) is 2.00. The highest BCUT2D eigenvalue weighted by atomic mass is 16.3. The Balaban J connectivity index is 1.93. The largest absolute Gasteiger partial charge is 0.395 e. The molecule has 0 spiro atoms. The average molecular weight is 205 g/mol. The molecule has 0 aromatic heterocycles. The van der Waals surface area contributed by atoms with Crippen LogP contribution in [-0.2, 0) is 0 Å². The van der Waals surface area contributed by atoms with E-state index in [1.807, 2.05) is 6.07 Å². The Kier molecular flexibility index (Phi) is 3.39. The van der Waals surface area contributed by atoms with E-state index in [2.05, 4.69) is 36.5 Å². The summed E-state index contributed by atoms with van der Waals surface area (Å²) in [5, 5.41) is 12.8. The van der Waals surface area contributed by atoms with Crippen molar-refractivity contribution in [2.24, 2.45) is 5.92 Å². The van der Waals surface area contributed by atoms with Crippen molar-refractivity contribution in [1.29, 1.82) is 0 Å². The maximum Gasteiger partial charge on any atom is 0.0587 e. The quantitative estimate of drug-likeness (QED) is 0.771. The first-order valence-corrected chi connectivity index (χ1v) is 5.73. The topological polar surface area (TPSA) is 32.3 Å². The summed E-state index contributed by atoms with van der Waals surface area (Å²) in [6.45, 7) is 2.40. The predicted molar refractivity (Wildman–Crippen MR) is 61.6 cm³/mol. The summed E-state index contributed by atoms with van der Waals surface area (Å²) >= 11 is 0. The van der Waals surface area contributed by atoms with Crippen LogP contribution in [0.2, 0.25) is 0 Å². The van der Waals surface area contributed by atoms with Gasteiger partial charge in [-0.2, -0.15) is 0 Å². The molecule has 2 nitrogen and oxygen atoms in total. The molecule has 2 unspecified atom stereocenters. The molecule has 0 saturated heterocycles. The molecule has 2 heteroatoms. The van der Waals surface area contributed by atoms with E-state index in [1.165, 1.54) is 18.4 Å². The van der Waals surface area contributed by atoms with E-state index < -0.39 is 0 Å². The molecule has 15 heavy (non-hydrogen) atoms. The Bertz CT molecular complexity index is 295. The van der Waals surface area contributed by atoms with Gasteiger partial charge in [-0.25, -0.2) is 0 Å². The van der Waals surface area contributed by atoms with Gasteiger partial charge >= 0.3 is 0 Å². The van der Waals surface area contributed by atoms with E-state index in [1.54, 1.807) is 0 Å². The number of nitrogens with one attached hydrogen (secondary N) is 1. The molecule has 1 aromatic rings. The van der Waals surface area contributed by atoms with Gasteiger partial charge in [-0.3, -0.25) is 0 Å². The van der Waals surface area contributed by atoms with Gasteiger partial charge in [-0.15, -0.1) is 0 Å². The SMILES string of the molecule is CC(NC(CO)C1CC1)c1ccccc1. The Morgan fingerprint density at radius 2 is 2.00 bits per heavy atom. The third-order valence-corrected chi connectivity index (χ3v) is 3.15. The van der Waals surface area contributed by atoms with Crippen LogP contribution in [0.25, 0.3) is 0 Å². The molecule has 0 radical (unpaired) electrons. The predicted octanol–water partition coefficient (Wildman–Crippen LogP) is 2.11. The van der Waals surface area contributed by atoms with Crippen LogP contribution in [0.15, 0.2) is 30.3 Å². The van der Waals surface area contributed by atoms with Crippen molar-refractivity contribution in [2.45, 2.75) is 31.8 Å². The summed E-state index contributed by atoms with van der Waals surface area (Å²) in [6.07, 6.45) is 2.53. The van der Waals surface area contributed by atoms with Crippen LogP contribution >= 0.6 is 0 Å². The van der Waals surface area contributed by atoms with Crippen molar-refractivity contribution >= 4 is 0 Å². The molecule has 1 aliphatic carbocycles. The first-order chi connectivity index (χ1) is 7.31. The standard InChI is InChI=1S/C13H19NO/c1-10(11-5-3-2-4-6-11)14-13(9-15)12-7-8-12/h2-6,10,12-15H,7-9H2,1H3. The Hall–Kier alpha value is -0.860. The minimum atomic E-state index is 0.252. The number of hydrogen-bond donors (Lipinski definition) is 2.